The van der Waals surface area contributed by atoms with Crippen molar-refractivity contribution < 1.29 is 0 Å². The molecule has 1 aliphatic heterocycles. The van der Waals surface area contributed by atoms with Crippen LogP contribution in [0.3, 0.4) is 0 Å². The molecule has 0 spiro atoms. The molecule has 0 saturated carbocycles. The second-order valence-corrected chi connectivity index (χ2v) is 7.34. The zero-order valence-electron chi connectivity index (χ0n) is 10.7. The second kappa shape index (κ2) is 5.48. The number of rotatable bonds is 0. The van der Waals surface area contributed by atoms with Crippen molar-refractivity contribution in [2.24, 2.45) is 0 Å². The van der Waals surface area contributed by atoms with E-state index in [1.165, 1.54) is 0 Å². The van der Waals surface area contributed by atoms with Gasteiger partial charge in [-0.1, -0.05) is 46.7 Å². The lowest BCUT2D eigenvalue weighted by molar-refractivity contribution is 1.10. The lowest BCUT2D eigenvalue weighted by Gasteiger charge is -2.21. The second-order valence-electron chi connectivity index (χ2n) is 4.39. The molecule has 0 fully saturated rings. The van der Waals surface area contributed by atoms with Gasteiger partial charge < -0.3 is 0 Å². The first-order valence-corrected chi connectivity index (χ1v) is 8.26. The molecular weight excluding hydrogens is 343 g/mol. The van der Waals surface area contributed by atoms with E-state index in [1.54, 1.807) is 35.7 Å². The first-order chi connectivity index (χ1) is 10.0. The fourth-order valence-corrected chi connectivity index (χ4v) is 5.17. The molecule has 0 aromatic heterocycles. The van der Waals surface area contributed by atoms with Crippen molar-refractivity contribution in [2.45, 2.75) is 26.5 Å². The van der Waals surface area contributed by atoms with Crippen LogP contribution in [0.25, 0.3) is 0 Å². The minimum Gasteiger partial charge on any atom is -0.192 e. The van der Waals surface area contributed by atoms with Gasteiger partial charge in [-0.2, -0.15) is 10.5 Å². The predicted molar refractivity (Wildman–Crippen MR) is 85.3 cm³/mol. The average molecular weight is 349 g/mol. The Labute approximate surface area is 140 Å². The van der Waals surface area contributed by atoms with Gasteiger partial charge in [0.05, 0.1) is 21.2 Å². The molecule has 102 valence electrons. The van der Waals surface area contributed by atoms with Crippen molar-refractivity contribution in [1.29, 1.82) is 10.5 Å². The van der Waals surface area contributed by atoms with Crippen LogP contribution in [-0.2, 0) is 0 Å². The van der Waals surface area contributed by atoms with Crippen molar-refractivity contribution in [3.05, 3.63) is 44.9 Å². The molecule has 3 rings (SSSR count). The van der Waals surface area contributed by atoms with Gasteiger partial charge in [0.2, 0.25) is 0 Å². The summed E-state index contributed by atoms with van der Waals surface area (Å²) in [6.07, 6.45) is 0. The summed E-state index contributed by atoms with van der Waals surface area (Å²) in [5.41, 5.74) is 1.85. The van der Waals surface area contributed by atoms with E-state index >= 15 is 0 Å². The number of halogens is 2. The van der Waals surface area contributed by atoms with Crippen molar-refractivity contribution >= 4 is 46.7 Å². The Morgan fingerprint density at radius 2 is 1.57 bits per heavy atom. The van der Waals surface area contributed by atoms with E-state index in [0.717, 1.165) is 25.1 Å². The Morgan fingerprint density at radius 3 is 2.24 bits per heavy atom. The van der Waals surface area contributed by atoms with Crippen LogP contribution >= 0.6 is 46.7 Å². The Balaban J connectivity index is 2.18. The summed E-state index contributed by atoms with van der Waals surface area (Å²) < 4.78 is 0. The van der Waals surface area contributed by atoms with Crippen molar-refractivity contribution in [1.82, 2.24) is 0 Å². The Morgan fingerprint density at radius 1 is 0.905 bits per heavy atom. The smallest absolute Gasteiger partial charge is 0.101 e. The van der Waals surface area contributed by atoms with Gasteiger partial charge in [0.25, 0.3) is 0 Å². The minimum absolute atomic E-state index is 0.444. The van der Waals surface area contributed by atoms with Gasteiger partial charge >= 0.3 is 0 Å². The van der Waals surface area contributed by atoms with Crippen LogP contribution in [0.2, 0.25) is 10.0 Å². The van der Waals surface area contributed by atoms with Crippen LogP contribution in [0.1, 0.15) is 16.7 Å². The van der Waals surface area contributed by atoms with Crippen LogP contribution < -0.4 is 0 Å². The summed E-state index contributed by atoms with van der Waals surface area (Å²) in [6.45, 7) is 1.90. The Bertz CT molecular complexity index is 864. The van der Waals surface area contributed by atoms with Gasteiger partial charge in [-0.15, -0.1) is 0 Å². The molecular formula is C15H6Cl2N2S2. The fraction of sp³-hybridized carbons (Fsp3) is 0.0667. The average Bonchev–Trinajstić information content (AvgIpc) is 2.46. The van der Waals surface area contributed by atoms with E-state index in [2.05, 4.69) is 12.1 Å². The zero-order valence-corrected chi connectivity index (χ0v) is 13.8. The Kier molecular flexibility index (Phi) is 3.82. The maximum Gasteiger partial charge on any atom is 0.101 e. The maximum atomic E-state index is 9.20. The van der Waals surface area contributed by atoms with E-state index < -0.39 is 0 Å². The fourth-order valence-electron chi connectivity index (χ4n) is 2.08. The number of fused-ring (bicyclic) bond motifs is 2. The van der Waals surface area contributed by atoms with E-state index in [4.69, 9.17) is 28.5 Å². The SMILES string of the molecule is Cc1c(C#N)c(Cl)cc2c1Sc1cc(Cl)c(C#N)cc1S2. The number of benzene rings is 2. The summed E-state index contributed by atoms with van der Waals surface area (Å²) in [5, 5.41) is 19.2. The molecule has 1 heterocycles. The van der Waals surface area contributed by atoms with Gasteiger partial charge in [0, 0.05) is 19.6 Å². The van der Waals surface area contributed by atoms with Crippen LogP contribution in [-0.4, -0.2) is 0 Å². The molecule has 0 aliphatic carbocycles. The first-order valence-electron chi connectivity index (χ1n) is 5.87. The number of hydrogen-bond acceptors (Lipinski definition) is 4. The quantitative estimate of drug-likeness (QED) is 0.525. The third-order valence-electron chi connectivity index (χ3n) is 3.13. The topological polar surface area (TPSA) is 47.6 Å². The highest BCUT2D eigenvalue weighted by Crippen LogP contribution is 2.52. The summed E-state index contributed by atoms with van der Waals surface area (Å²) >= 11 is 15.4. The van der Waals surface area contributed by atoms with Crippen LogP contribution in [0.4, 0.5) is 0 Å². The number of hydrogen-bond donors (Lipinski definition) is 0. The van der Waals surface area contributed by atoms with E-state index in [1.807, 2.05) is 13.0 Å². The van der Waals surface area contributed by atoms with Gasteiger partial charge in [-0.25, -0.2) is 0 Å². The highest BCUT2D eigenvalue weighted by atomic mass is 35.5. The van der Waals surface area contributed by atoms with Crippen molar-refractivity contribution in [2.75, 3.05) is 0 Å². The monoisotopic (exact) mass is 348 g/mol. The molecule has 0 atom stereocenters. The van der Waals surface area contributed by atoms with Crippen molar-refractivity contribution in [3.63, 3.8) is 0 Å². The summed E-state index contributed by atoms with van der Waals surface area (Å²) in [5.74, 6) is 0. The molecule has 21 heavy (non-hydrogen) atoms. The van der Waals surface area contributed by atoms with Crippen molar-refractivity contribution in [3.8, 4) is 12.1 Å². The third-order valence-corrected chi connectivity index (χ3v) is 6.39. The molecule has 1 aliphatic rings. The van der Waals surface area contributed by atoms with E-state index in [0.29, 0.717) is 21.2 Å². The highest BCUT2D eigenvalue weighted by molar-refractivity contribution is 8.05. The molecule has 2 aromatic rings. The van der Waals surface area contributed by atoms with Crippen LogP contribution in [0.15, 0.2) is 37.8 Å². The number of nitriles is 2. The summed E-state index contributed by atoms with van der Waals surface area (Å²) in [6, 6.07) is 9.63. The molecule has 0 radical (unpaired) electrons. The Hall–Kier alpha value is -1.30. The van der Waals surface area contributed by atoms with Gasteiger partial charge in [0.1, 0.15) is 12.1 Å². The zero-order chi connectivity index (χ0) is 15.1. The molecule has 0 saturated heterocycles. The number of nitrogens with zero attached hydrogens (tertiary/aromatic N) is 2. The lowest BCUT2D eigenvalue weighted by Crippen LogP contribution is -1.97. The van der Waals surface area contributed by atoms with Gasteiger partial charge in [-0.3, -0.25) is 0 Å². The molecule has 0 N–H and O–H groups in total. The summed E-state index contributed by atoms with van der Waals surface area (Å²) in [7, 11) is 0. The standard InChI is InChI=1S/C15H6Cl2N2S2/c1-7-9(6-19)11(17)4-14-15(7)21-13-3-10(16)8(5-18)2-12(13)20-14/h2-4H,1H3. The highest BCUT2D eigenvalue weighted by Gasteiger charge is 2.23. The van der Waals surface area contributed by atoms with Crippen LogP contribution in [0.5, 0.6) is 0 Å². The summed E-state index contributed by atoms with van der Waals surface area (Å²) in [4.78, 5) is 3.99. The van der Waals surface area contributed by atoms with Gasteiger partial charge in [-0.05, 0) is 30.7 Å². The van der Waals surface area contributed by atoms with E-state index in [9.17, 15) is 5.26 Å². The largest absolute Gasteiger partial charge is 0.192 e. The predicted octanol–water partition coefficient (Wildman–Crippen LogP) is 5.66. The minimum atomic E-state index is 0.444. The van der Waals surface area contributed by atoms with Gasteiger partial charge in [0.15, 0.2) is 0 Å². The lowest BCUT2D eigenvalue weighted by atomic mass is 10.1. The molecule has 0 unspecified atom stereocenters. The maximum absolute atomic E-state index is 9.20. The first kappa shape index (κ1) is 14.6. The third kappa shape index (κ3) is 2.39. The van der Waals surface area contributed by atoms with E-state index in [-0.39, 0.29) is 0 Å². The molecule has 0 amide bonds. The molecule has 2 nitrogen and oxygen atoms in total. The normalized spacial score (nSPS) is 12.0. The molecule has 6 heteroatoms. The molecule has 0 bridgehead atoms. The van der Waals surface area contributed by atoms with Crippen LogP contribution in [0, 0.1) is 29.6 Å². The molecule has 2 aromatic carbocycles.